The molecule has 0 spiro atoms. The van der Waals surface area contributed by atoms with Gasteiger partial charge in [-0.2, -0.15) is 5.10 Å². The molecule has 1 amide bonds. The number of carbonyl (C=O) groups excluding carboxylic acids is 1. The molecule has 4 nitrogen and oxygen atoms in total. The summed E-state index contributed by atoms with van der Waals surface area (Å²) >= 11 is 5.37. The zero-order chi connectivity index (χ0) is 13.0. The van der Waals surface area contributed by atoms with Gasteiger partial charge in [0.1, 0.15) is 11.7 Å². The van der Waals surface area contributed by atoms with Gasteiger partial charge in [0.2, 0.25) is 5.91 Å². The van der Waals surface area contributed by atoms with Crippen LogP contribution in [-0.4, -0.2) is 21.6 Å². The van der Waals surface area contributed by atoms with Gasteiger partial charge in [0.05, 0.1) is 18.4 Å². The molecular weight excluding hydrogens is 257 g/mol. The second kappa shape index (κ2) is 5.64. The molecule has 6 heteroatoms. The van der Waals surface area contributed by atoms with Crippen molar-refractivity contribution in [3.63, 3.8) is 0 Å². The summed E-state index contributed by atoms with van der Waals surface area (Å²) in [4.78, 5) is 11.1. The number of amides is 1. The lowest BCUT2D eigenvalue weighted by Crippen LogP contribution is -2.11. The Bertz CT molecular complexity index is 556. The minimum absolute atomic E-state index is 0.113. The fourth-order valence-corrected chi connectivity index (χ4v) is 1.58. The lowest BCUT2D eigenvalue weighted by molar-refractivity contribution is -0.113. The van der Waals surface area contributed by atoms with Crippen molar-refractivity contribution in [2.24, 2.45) is 0 Å². The summed E-state index contributed by atoms with van der Waals surface area (Å²) in [5.41, 5.74) is 1.08. The number of carbonyl (C=O) groups is 1. The fourth-order valence-electron chi connectivity index (χ4n) is 1.51. The summed E-state index contributed by atoms with van der Waals surface area (Å²) < 4.78 is 15.0. The average molecular weight is 268 g/mol. The number of benzene rings is 1. The van der Waals surface area contributed by atoms with Crippen LogP contribution >= 0.6 is 11.6 Å². The molecule has 1 aromatic heterocycles. The van der Waals surface area contributed by atoms with E-state index in [4.69, 9.17) is 11.6 Å². The van der Waals surface area contributed by atoms with E-state index < -0.39 is 0 Å². The van der Waals surface area contributed by atoms with Crippen LogP contribution in [0.1, 0.15) is 5.56 Å². The molecule has 1 heterocycles. The first-order valence-electron chi connectivity index (χ1n) is 5.30. The SMILES string of the molecule is O=C(CCl)Nc1cnn(Cc2ccccc2F)c1. The number of nitrogens with zero attached hydrogens (tertiary/aromatic N) is 2. The van der Waals surface area contributed by atoms with E-state index in [0.717, 1.165) is 0 Å². The first-order chi connectivity index (χ1) is 8.69. The molecule has 0 bridgehead atoms. The van der Waals surface area contributed by atoms with Crippen molar-refractivity contribution >= 4 is 23.2 Å². The second-order valence-electron chi connectivity index (χ2n) is 3.70. The van der Waals surface area contributed by atoms with Crippen molar-refractivity contribution in [3.8, 4) is 0 Å². The predicted octanol–water partition coefficient (Wildman–Crippen LogP) is 2.25. The molecule has 2 rings (SSSR count). The maximum Gasteiger partial charge on any atom is 0.239 e. The minimum Gasteiger partial charge on any atom is -0.322 e. The maximum atomic E-state index is 13.4. The lowest BCUT2D eigenvalue weighted by atomic mass is 10.2. The molecule has 2 aromatic rings. The zero-order valence-corrected chi connectivity index (χ0v) is 10.2. The van der Waals surface area contributed by atoms with Gasteiger partial charge in [-0.15, -0.1) is 11.6 Å². The van der Waals surface area contributed by atoms with Gasteiger partial charge in [-0.1, -0.05) is 18.2 Å². The number of nitrogens with one attached hydrogen (secondary N) is 1. The summed E-state index contributed by atoms with van der Waals surface area (Å²) in [6.45, 7) is 0.309. The van der Waals surface area contributed by atoms with Crippen LogP contribution in [0.3, 0.4) is 0 Å². The number of halogens is 2. The van der Waals surface area contributed by atoms with Crippen molar-refractivity contribution in [2.45, 2.75) is 6.54 Å². The molecule has 0 aliphatic rings. The van der Waals surface area contributed by atoms with Crippen molar-refractivity contribution in [1.29, 1.82) is 0 Å². The van der Waals surface area contributed by atoms with Gasteiger partial charge in [-0.3, -0.25) is 9.48 Å². The Hall–Kier alpha value is -1.88. The summed E-state index contributed by atoms with van der Waals surface area (Å²) in [6, 6.07) is 6.48. The lowest BCUT2D eigenvalue weighted by Gasteiger charge is -2.02. The van der Waals surface area contributed by atoms with E-state index in [1.54, 1.807) is 29.1 Å². The molecule has 0 saturated heterocycles. The zero-order valence-electron chi connectivity index (χ0n) is 9.44. The molecular formula is C12H11ClFN3O. The summed E-state index contributed by atoms with van der Waals surface area (Å²) in [5, 5.41) is 6.60. The Morgan fingerprint density at radius 2 is 2.22 bits per heavy atom. The molecule has 0 unspecified atom stereocenters. The highest BCUT2D eigenvalue weighted by atomic mass is 35.5. The molecule has 0 radical (unpaired) electrons. The first kappa shape index (κ1) is 12.6. The van der Waals surface area contributed by atoms with Crippen LogP contribution in [0.15, 0.2) is 36.7 Å². The van der Waals surface area contributed by atoms with E-state index in [-0.39, 0.29) is 17.6 Å². The molecule has 94 valence electrons. The maximum absolute atomic E-state index is 13.4. The third-order valence-corrected chi connectivity index (χ3v) is 2.57. The van der Waals surface area contributed by atoms with Gasteiger partial charge < -0.3 is 5.32 Å². The van der Waals surface area contributed by atoms with Crippen LogP contribution in [0, 0.1) is 5.82 Å². The number of rotatable bonds is 4. The van der Waals surface area contributed by atoms with Gasteiger partial charge in [0, 0.05) is 11.8 Å². The highest BCUT2D eigenvalue weighted by Gasteiger charge is 2.05. The molecule has 0 atom stereocenters. The fraction of sp³-hybridized carbons (Fsp3) is 0.167. The molecule has 1 N–H and O–H groups in total. The van der Waals surface area contributed by atoms with Gasteiger partial charge in [0.25, 0.3) is 0 Å². The van der Waals surface area contributed by atoms with Crippen molar-refractivity contribution in [1.82, 2.24) is 9.78 Å². The van der Waals surface area contributed by atoms with E-state index in [9.17, 15) is 9.18 Å². The topological polar surface area (TPSA) is 46.9 Å². The van der Waals surface area contributed by atoms with Gasteiger partial charge in [-0.25, -0.2) is 4.39 Å². The minimum atomic E-state index is -0.304. The van der Waals surface area contributed by atoms with Crippen molar-refractivity contribution < 1.29 is 9.18 Å². The molecule has 18 heavy (non-hydrogen) atoms. The quantitative estimate of drug-likeness (QED) is 0.864. The summed E-state index contributed by atoms with van der Waals surface area (Å²) in [7, 11) is 0. The van der Waals surface area contributed by atoms with Crippen molar-refractivity contribution in [2.75, 3.05) is 11.2 Å². The normalized spacial score (nSPS) is 10.3. The second-order valence-corrected chi connectivity index (χ2v) is 3.97. The molecule has 0 aliphatic heterocycles. The summed E-state index contributed by atoms with van der Waals surface area (Å²) in [6.07, 6.45) is 3.11. The third kappa shape index (κ3) is 3.07. The van der Waals surface area contributed by atoms with E-state index in [0.29, 0.717) is 17.8 Å². The Morgan fingerprint density at radius 3 is 2.94 bits per heavy atom. The Labute approximate surface area is 108 Å². The van der Waals surface area contributed by atoms with Gasteiger partial charge >= 0.3 is 0 Å². The van der Waals surface area contributed by atoms with E-state index in [1.165, 1.54) is 12.3 Å². The van der Waals surface area contributed by atoms with Gasteiger partial charge in [-0.05, 0) is 6.07 Å². The molecule has 0 saturated carbocycles. The Kier molecular flexibility index (Phi) is 3.94. The smallest absolute Gasteiger partial charge is 0.239 e. The van der Waals surface area contributed by atoms with Crippen LogP contribution in [-0.2, 0) is 11.3 Å². The number of alkyl halides is 1. The van der Waals surface area contributed by atoms with E-state index in [2.05, 4.69) is 10.4 Å². The Morgan fingerprint density at radius 1 is 1.44 bits per heavy atom. The molecule has 0 aliphatic carbocycles. The number of anilines is 1. The molecule has 1 aromatic carbocycles. The number of hydrogen-bond acceptors (Lipinski definition) is 2. The monoisotopic (exact) mass is 267 g/mol. The van der Waals surface area contributed by atoms with Gasteiger partial charge in [0.15, 0.2) is 0 Å². The standard InChI is InChI=1S/C12H11ClFN3O/c13-5-12(18)16-10-6-15-17(8-10)7-9-3-1-2-4-11(9)14/h1-4,6,8H,5,7H2,(H,16,18). The first-order valence-corrected chi connectivity index (χ1v) is 5.84. The van der Waals surface area contributed by atoms with Crippen LogP contribution in [0.4, 0.5) is 10.1 Å². The van der Waals surface area contributed by atoms with E-state index in [1.807, 2.05) is 0 Å². The average Bonchev–Trinajstić information content (AvgIpc) is 2.79. The molecule has 0 fully saturated rings. The van der Waals surface area contributed by atoms with E-state index >= 15 is 0 Å². The summed E-state index contributed by atoms with van der Waals surface area (Å²) in [5.74, 6) is -0.695. The number of hydrogen-bond donors (Lipinski definition) is 1. The highest BCUT2D eigenvalue weighted by Crippen LogP contribution is 2.10. The Balaban J connectivity index is 2.07. The van der Waals surface area contributed by atoms with Crippen molar-refractivity contribution in [3.05, 3.63) is 48.0 Å². The van der Waals surface area contributed by atoms with Crippen LogP contribution in [0.5, 0.6) is 0 Å². The van der Waals surface area contributed by atoms with Crippen LogP contribution in [0.2, 0.25) is 0 Å². The van der Waals surface area contributed by atoms with Crippen LogP contribution < -0.4 is 5.32 Å². The van der Waals surface area contributed by atoms with Crippen LogP contribution in [0.25, 0.3) is 0 Å². The predicted molar refractivity (Wildman–Crippen MR) is 67.1 cm³/mol. The third-order valence-electron chi connectivity index (χ3n) is 2.33. The highest BCUT2D eigenvalue weighted by molar-refractivity contribution is 6.29. The number of aromatic nitrogens is 2. The largest absolute Gasteiger partial charge is 0.322 e.